The molecule has 0 aliphatic heterocycles. The summed E-state index contributed by atoms with van der Waals surface area (Å²) < 4.78 is 1.22. The Balaban J connectivity index is 1.72. The van der Waals surface area contributed by atoms with Crippen molar-refractivity contribution in [2.24, 2.45) is 5.92 Å². The molecule has 1 aliphatic rings. The Morgan fingerprint density at radius 3 is 3.00 bits per heavy atom. The van der Waals surface area contributed by atoms with Gasteiger partial charge in [-0.1, -0.05) is 6.92 Å². The van der Waals surface area contributed by atoms with Crippen LogP contribution in [-0.4, -0.2) is 12.6 Å². The Hall–Kier alpha value is 0.140. The largest absolute Gasteiger partial charge is 0.314 e. The molecule has 0 aromatic carbocycles. The Labute approximate surface area is 98.0 Å². The van der Waals surface area contributed by atoms with Gasteiger partial charge in [0.2, 0.25) is 0 Å². The van der Waals surface area contributed by atoms with Crippen LogP contribution in [-0.2, 0) is 6.42 Å². The van der Waals surface area contributed by atoms with E-state index in [2.05, 4.69) is 39.6 Å². The second kappa shape index (κ2) is 4.77. The molecule has 1 unspecified atom stereocenters. The Bertz CT molecular complexity index is 293. The minimum Gasteiger partial charge on any atom is -0.314 e. The molecule has 78 valence electrons. The number of rotatable bonds is 5. The first kappa shape index (κ1) is 10.7. The molecule has 0 amide bonds. The van der Waals surface area contributed by atoms with Gasteiger partial charge in [0.1, 0.15) is 0 Å². The van der Waals surface area contributed by atoms with Gasteiger partial charge in [-0.3, -0.25) is 0 Å². The van der Waals surface area contributed by atoms with E-state index in [0.717, 1.165) is 12.0 Å². The number of halogens is 1. The molecule has 1 heterocycles. The van der Waals surface area contributed by atoms with E-state index in [1.807, 2.05) is 11.3 Å². The molecule has 1 nitrogen and oxygen atoms in total. The fourth-order valence-corrected chi connectivity index (χ4v) is 3.15. The molecule has 0 bridgehead atoms. The molecule has 0 radical (unpaired) electrons. The molecular formula is C11H16BrNS. The molecule has 1 atom stereocenters. The predicted molar refractivity (Wildman–Crippen MR) is 65.9 cm³/mol. The fourth-order valence-electron chi connectivity index (χ4n) is 1.53. The summed E-state index contributed by atoms with van der Waals surface area (Å²) in [5.41, 5.74) is 0. The van der Waals surface area contributed by atoms with Gasteiger partial charge in [0.15, 0.2) is 0 Å². The third kappa shape index (κ3) is 3.37. The summed E-state index contributed by atoms with van der Waals surface area (Å²) in [6.45, 7) is 3.49. The van der Waals surface area contributed by atoms with Crippen LogP contribution < -0.4 is 5.32 Å². The van der Waals surface area contributed by atoms with Crippen molar-refractivity contribution in [1.82, 2.24) is 5.32 Å². The lowest BCUT2D eigenvalue weighted by molar-refractivity contribution is 0.512. The number of hydrogen-bond acceptors (Lipinski definition) is 2. The van der Waals surface area contributed by atoms with Gasteiger partial charge in [0, 0.05) is 20.8 Å². The topological polar surface area (TPSA) is 12.0 Å². The van der Waals surface area contributed by atoms with E-state index in [-0.39, 0.29) is 0 Å². The first-order valence-electron chi connectivity index (χ1n) is 5.20. The average Bonchev–Trinajstić information content (AvgIpc) is 2.88. The SMILES string of the molecule is CC(CNC1CC1)Cc1cc(Br)cs1. The van der Waals surface area contributed by atoms with E-state index < -0.39 is 0 Å². The van der Waals surface area contributed by atoms with Crippen LogP contribution in [0.5, 0.6) is 0 Å². The number of thiophene rings is 1. The normalized spacial score (nSPS) is 18.4. The maximum atomic E-state index is 3.58. The van der Waals surface area contributed by atoms with Gasteiger partial charge in [-0.15, -0.1) is 11.3 Å². The summed E-state index contributed by atoms with van der Waals surface area (Å²) in [5.74, 6) is 0.751. The molecule has 14 heavy (non-hydrogen) atoms. The van der Waals surface area contributed by atoms with Gasteiger partial charge in [-0.05, 0) is 53.7 Å². The van der Waals surface area contributed by atoms with Crippen molar-refractivity contribution in [1.29, 1.82) is 0 Å². The number of hydrogen-bond donors (Lipinski definition) is 1. The van der Waals surface area contributed by atoms with Gasteiger partial charge < -0.3 is 5.32 Å². The molecule has 0 spiro atoms. The first-order chi connectivity index (χ1) is 6.74. The zero-order chi connectivity index (χ0) is 9.97. The molecule has 1 N–H and O–H groups in total. The standard InChI is InChI=1S/C11H16BrNS/c1-8(6-13-10-2-3-10)4-11-5-9(12)7-14-11/h5,7-8,10,13H,2-4,6H2,1H3. The van der Waals surface area contributed by atoms with E-state index >= 15 is 0 Å². The Morgan fingerprint density at radius 2 is 2.43 bits per heavy atom. The summed E-state index contributed by atoms with van der Waals surface area (Å²) in [4.78, 5) is 1.49. The summed E-state index contributed by atoms with van der Waals surface area (Å²) in [7, 11) is 0. The van der Waals surface area contributed by atoms with Crippen LogP contribution in [0.3, 0.4) is 0 Å². The highest BCUT2D eigenvalue weighted by molar-refractivity contribution is 9.10. The molecule has 1 aliphatic carbocycles. The lowest BCUT2D eigenvalue weighted by atomic mass is 10.1. The lowest BCUT2D eigenvalue weighted by Gasteiger charge is -2.10. The van der Waals surface area contributed by atoms with Crippen molar-refractivity contribution in [3.63, 3.8) is 0 Å². The molecule has 1 saturated carbocycles. The molecular weight excluding hydrogens is 258 g/mol. The molecule has 0 saturated heterocycles. The van der Waals surface area contributed by atoms with Crippen LogP contribution in [0, 0.1) is 5.92 Å². The first-order valence-corrected chi connectivity index (χ1v) is 6.87. The monoisotopic (exact) mass is 273 g/mol. The van der Waals surface area contributed by atoms with Crippen molar-refractivity contribution in [2.45, 2.75) is 32.2 Å². The van der Waals surface area contributed by atoms with E-state index in [0.29, 0.717) is 0 Å². The van der Waals surface area contributed by atoms with E-state index in [9.17, 15) is 0 Å². The van der Waals surface area contributed by atoms with Gasteiger partial charge >= 0.3 is 0 Å². The van der Waals surface area contributed by atoms with Crippen LogP contribution in [0.2, 0.25) is 0 Å². The third-order valence-electron chi connectivity index (χ3n) is 2.50. The zero-order valence-electron chi connectivity index (χ0n) is 8.42. The number of nitrogens with one attached hydrogen (secondary N) is 1. The van der Waals surface area contributed by atoms with Crippen molar-refractivity contribution in [2.75, 3.05) is 6.54 Å². The van der Waals surface area contributed by atoms with Gasteiger partial charge in [0.25, 0.3) is 0 Å². The van der Waals surface area contributed by atoms with Crippen LogP contribution in [0.15, 0.2) is 15.9 Å². The van der Waals surface area contributed by atoms with Crippen molar-refractivity contribution >= 4 is 27.3 Å². The van der Waals surface area contributed by atoms with E-state index in [4.69, 9.17) is 0 Å². The molecule has 1 aromatic rings. The van der Waals surface area contributed by atoms with E-state index in [1.54, 1.807) is 0 Å². The van der Waals surface area contributed by atoms with Crippen LogP contribution in [0.1, 0.15) is 24.6 Å². The minimum atomic E-state index is 0.751. The quantitative estimate of drug-likeness (QED) is 0.867. The molecule has 3 heteroatoms. The summed E-state index contributed by atoms with van der Waals surface area (Å²) >= 11 is 5.34. The summed E-state index contributed by atoms with van der Waals surface area (Å²) in [6.07, 6.45) is 3.98. The summed E-state index contributed by atoms with van der Waals surface area (Å²) in [5, 5.41) is 5.74. The Kier molecular flexibility index (Phi) is 3.63. The van der Waals surface area contributed by atoms with Crippen LogP contribution in [0.4, 0.5) is 0 Å². The zero-order valence-corrected chi connectivity index (χ0v) is 10.8. The highest BCUT2D eigenvalue weighted by Gasteiger charge is 2.20. The lowest BCUT2D eigenvalue weighted by Crippen LogP contribution is -2.24. The maximum absolute atomic E-state index is 3.58. The van der Waals surface area contributed by atoms with E-state index in [1.165, 1.54) is 35.2 Å². The van der Waals surface area contributed by atoms with Gasteiger partial charge in [-0.25, -0.2) is 0 Å². The van der Waals surface area contributed by atoms with Crippen LogP contribution >= 0.6 is 27.3 Å². The third-order valence-corrected chi connectivity index (χ3v) is 4.22. The minimum absolute atomic E-state index is 0.751. The highest BCUT2D eigenvalue weighted by Crippen LogP contribution is 2.23. The van der Waals surface area contributed by atoms with Gasteiger partial charge in [-0.2, -0.15) is 0 Å². The maximum Gasteiger partial charge on any atom is 0.0285 e. The Morgan fingerprint density at radius 1 is 1.64 bits per heavy atom. The second-order valence-corrected chi connectivity index (χ2v) is 6.13. The van der Waals surface area contributed by atoms with Crippen molar-refractivity contribution < 1.29 is 0 Å². The second-order valence-electron chi connectivity index (χ2n) is 4.22. The average molecular weight is 274 g/mol. The molecule has 2 rings (SSSR count). The predicted octanol–water partition coefficient (Wildman–Crippen LogP) is 3.44. The highest BCUT2D eigenvalue weighted by atomic mass is 79.9. The van der Waals surface area contributed by atoms with Gasteiger partial charge in [0.05, 0.1) is 0 Å². The van der Waals surface area contributed by atoms with Crippen LogP contribution in [0.25, 0.3) is 0 Å². The van der Waals surface area contributed by atoms with Crippen molar-refractivity contribution in [3.05, 3.63) is 20.8 Å². The summed E-state index contributed by atoms with van der Waals surface area (Å²) in [6, 6.07) is 3.07. The molecule has 1 fully saturated rings. The fraction of sp³-hybridized carbons (Fsp3) is 0.636. The molecule has 1 aromatic heterocycles. The van der Waals surface area contributed by atoms with Crippen molar-refractivity contribution in [3.8, 4) is 0 Å². The smallest absolute Gasteiger partial charge is 0.0285 e.